The number of hydrogen-bond acceptors (Lipinski definition) is 6. The first kappa shape index (κ1) is 12.2. The predicted molar refractivity (Wildman–Crippen MR) is 62.8 cm³/mol. The van der Waals surface area contributed by atoms with E-state index in [9.17, 15) is 14.9 Å². The van der Waals surface area contributed by atoms with Crippen molar-refractivity contribution in [1.29, 1.82) is 0 Å². The van der Waals surface area contributed by atoms with E-state index in [-0.39, 0.29) is 16.7 Å². The Morgan fingerprint density at radius 1 is 1.61 bits per heavy atom. The average Bonchev–Trinajstić information content (AvgIpc) is 2.95. The smallest absolute Gasteiger partial charge is 0.373 e. The fraction of sp³-hybridized carbons (Fsp3) is 0.200. The van der Waals surface area contributed by atoms with E-state index in [1.54, 1.807) is 6.92 Å². The quantitative estimate of drug-likeness (QED) is 0.674. The summed E-state index contributed by atoms with van der Waals surface area (Å²) in [6, 6.07) is 2.82. The van der Waals surface area contributed by atoms with Gasteiger partial charge in [0.05, 0.1) is 15.5 Å². The molecule has 0 aliphatic carbocycles. The minimum Gasteiger partial charge on any atom is -0.475 e. The summed E-state index contributed by atoms with van der Waals surface area (Å²) in [5.41, 5.74) is 0.327. The lowest BCUT2D eigenvalue weighted by molar-refractivity contribution is -0.380. The van der Waals surface area contributed by atoms with Crippen molar-refractivity contribution in [3.05, 3.63) is 33.7 Å². The van der Waals surface area contributed by atoms with E-state index in [0.717, 1.165) is 11.3 Å². The summed E-state index contributed by atoms with van der Waals surface area (Å²) >= 11 is 0.890. The molecule has 1 N–H and O–H groups in total. The molecule has 0 aliphatic heterocycles. The highest BCUT2D eigenvalue weighted by Crippen LogP contribution is 2.33. The highest BCUT2D eigenvalue weighted by Gasteiger charge is 2.21. The van der Waals surface area contributed by atoms with Gasteiger partial charge in [0.2, 0.25) is 11.7 Å². The SMILES string of the molecule is CCc1nc(-c2ccc([N+](=O)[O-])s2)oc1C(=O)O. The van der Waals surface area contributed by atoms with E-state index in [1.165, 1.54) is 12.1 Å². The fourth-order valence-electron chi connectivity index (χ4n) is 1.40. The van der Waals surface area contributed by atoms with Gasteiger partial charge in [-0.2, -0.15) is 0 Å². The molecule has 0 spiro atoms. The van der Waals surface area contributed by atoms with E-state index < -0.39 is 10.9 Å². The summed E-state index contributed by atoms with van der Waals surface area (Å²) in [6.07, 6.45) is 0.415. The molecule has 0 unspecified atom stereocenters. The maximum Gasteiger partial charge on any atom is 0.373 e. The van der Waals surface area contributed by atoms with Crippen LogP contribution in [0.15, 0.2) is 16.5 Å². The van der Waals surface area contributed by atoms with Gasteiger partial charge in [-0.05, 0) is 12.5 Å². The van der Waals surface area contributed by atoms with E-state index in [0.29, 0.717) is 17.0 Å². The zero-order chi connectivity index (χ0) is 13.3. The Morgan fingerprint density at radius 3 is 2.78 bits per heavy atom. The molecule has 0 aliphatic rings. The van der Waals surface area contributed by atoms with E-state index in [2.05, 4.69) is 4.98 Å². The van der Waals surface area contributed by atoms with E-state index in [1.807, 2.05) is 0 Å². The number of aromatic carboxylic acids is 1. The summed E-state index contributed by atoms with van der Waals surface area (Å²) in [5, 5.41) is 19.4. The summed E-state index contributed by atoms with van der Waals surface area (Å²) in [4.78, 5) is 25.4. The normalized spacial score (nSPS) is 10.5. The molecule has 2 rings (SSSR count). The van der Waals surface area contributed by atoms with Crippen molar-refractivity contribution in [2.45, 2.75) is 13.3 Å². The van der Waals surface area contributed by atoms with Gasteiger partial charge in [-0.15, -0.1) is 0 Å². The van der Waals surface area contributed by atoms with Gasteiger partial charge in [-0.25, -0.2) is 9.78 Å². The van der Waals surface area contributed by atoms with Gasteiger partial charge in [0.15, 0.2) is 0 Å². The van der Waals surface area contributed by atoms with Crippen LogP contribution in [0.25, 0.3) is 10.8 Å². The lowest BCUT2D eigenvalue weighted by atomic mass is 10.3. The molecule has 0 saturated carbocycles. The van der Waals surface area contributed by atoms with Crippen molar-refractivity contribution in [3.8, 4) is 10.8 Å². The molecule has 0 atom stereocenters. The molecule has 0 aromatic carbocycles. The van der Waals surface area contributed by atoms with Gasteiger partial charge in [-0.3, -0.25) is 10.1 Å². The number of aromatic nitrogens is 1. The van der Waals surface area contributed by atoms with Crippen molar-refractivity contribution in [3.63, 3.8) is 0 Å². The van der Waals surface area contributed by atoms with Crippen LogP contribution in [0.4, 0.5) is 5.00 Å². The molecule has 8 heteroatoms. The summed E-state index contributed by atoms with van der Waals surface area (Å²) in [6.45, 7) is 1.75. The second-order valence-electron chi connectivity index (χ2n) is 3.35. The third kappa shape index (κ3) is 2.09. The van der Waals surface area contributed by atoms with Crippen molar-refractivity contribution in [2.24, 2.45) is 0 Å². The number of nitrogens with zero attached hydrogens (tertiary/aromatic N) is 2. The van der Waals surface area contributed by atoms with Gasteiger partial charge in [0.1, 0.15) is 0 Å². The maximum atomic E-state index is 10.9. The molecule has 94 valence electrons. The second kappa shape index (κ2) is 4.57. The fourth-order valence-corrected chi connectivity index (χ4v) is 2.15. The highest BCUT2D eigenvalue weighted by molar-refractivity contribution is 7.18. The molecule has 0 amide bonds. The van der Waals surface area contributed by atoms with Gasteiger partial charge in [0, 0.05) is 6.07 Å². The van der Waals surface area contributed by atoms with E-state index >= 15 is 0 Å². The van der Waals surface area contributed by atoms with Gasteiger partial charge in [-0.1, -0.05) is 18.3 Å². The number of oxazole rings is 1. The number of nitro groups is 1. The first-order valence-corrected chi connectivity index (χ1v) is 5.82. The summed E-state index contributed by atoms with van der Waals surface area (Å²) in [7, 11) is 0. The standard InChI is InChI=1S/C10H8N2O5S/c1-2-5-8(10(13)14)17-9(11-5)6-3-4-7(18-6)12(15)16/h3-4H,2H2,1H3,(H,13,14). The molecule has 2 aromatic rings. The minimum absolute atomic E-state index is 0.0434. The van der Waals surface area contributed by atoms with Crippen molar-refractivity contribution in [2.75, 3.05) is 0 Å². The summed E-state index contributed by atoms with van der Waals surface area (Å²) < 4.78 is 5.12. The molecular formula is C10H8N2O5S. The Balaban J connectivity index is 2.44. The van der Waals surface area contributed by atoms with Gasteiger partial charge >= 0.3 is 11.0 Å². The first-order valence-electron chi connectivity index (χ1n) is 5.00. The van der Waals surface area contributed by atoms with Crippen LogP contribution >= 0.6 is 11.3 Å². The second-order valence-corrected chi connectivity index (χ2v) is 4.41. The largest absolute Gasteiger partial charge is 0.475 e. The number of carboxylic acids is 1. The van der Waals surface area contributed by atoms with Crippen LogP contribution in [0.1, 0.15) is 23.2 Å². The van der Waals surface area contributed by atoms with Crippen molar-refractivity contribution in [1.82, 2.24) is 4.98 Å². The van der Waals surface area contributed by atoms with Crippen LogP contribution in [-0.4, -0.2) is 21.0 Å². The van der Waals surface area contributed by atoms with E-state index in [4.69, 9.17) is 9.52 Å². The number of hydrogen-bond donors (Lipinski definition) is 1. The number of carbonyl (C=O) groups is 1. The first-order chi connectivity index (χ1) is 8.52. The molecule has 18 heavy (non-hydrogen) atoms. The minimum atomic E-state index is -1.20. The topological polar surface area (TPSA) is 106 Å². The molecule has 0 bridgehead atoms. The highest BCUT2D eigenvalue weighted by atomic mass is 32.1. The van der Waals surface area contributed by atoms with Crippen LogP contribution in [0.2, 0.25) is 0 Å². The van der Waals surface area contributed by atoms with Crippen LogP contribution < -0.4 is 0 Å². The molecule has 2 aromatic heterocycles. The van der Waals surface area contributed by atoms with Crippen LogP contribution in [-0.2, 0) is 6.42 Å². The van der Waals surface area contributed by atoms with Crippen LogP contribution in [0, 0.1) is 10.1 Å². The molecular weight excluding hydrogens is 260 g/mol. The Morgan fingerprint density at radius 2 is 2.33 bits per heavy atom. The Hall–Kier alpha value is -2.22. The van der Waals surface area contributed by atoms with Crippen LogP contribution in [0.5, 0.6) is 0 Å². The number of carboxylic acid groups (broad SMARTS) is 1. The Labute approximate surface area is 105 Å². The van der Waals surface area contributed by atoms with Crippen LogP contribution in [0.3, 0.4) is 0 Å². The van der Waals surface area contributed by atoms with Crippen molar-refractivity contribution >= 4 is 22.3 Å². The number of aryl methyl sites for hydroxylation is 1. The Kier molecular flexibility index (Phi) is 3.11. The molecule has 0 fully saturated rings. The monoisotopic (exact) mass is 268 g/mol. The molecule has 0 saturated heterocycles. The van der Waals surface area contributed by atoms with Gasteiger partial charge in [0.25, 0.3) is 0 Å². The lowest BCUT2D eigenvalue weighted by Crippen LogP contribution is -1.98. The average molecular weight is 268 g/mol. The molecule has 2 heterocycles. The number of rotatable bonds is 4. The molecule has 0 radical (unpaired) electrons. The lowest BCUT2D eigenvalue weighted by Gasteiger charge is -1.88. The molecule has 7 nitrogen and oxygen atoms in total. The summed E-state index contributed by atoms with van der Waals surface area (Å²) in [5.74, 6) is -1.32. The zero-order valence-corrected chi connectivity index (χ0v) is 10.1. The predicted octanol–water partition coefficient (Wildman–Crippen LogP) is 2.57. The van der Waals surface area contributed by atoms with Crippen molar-refractivity contribution < 1.29 is 19.2 Å². The number of thiophene rings is 1. The zero-order valence-electron chi connectivity index (χ0n) is 9.24. The maximum absolute atomic E-state index is 10.9. The third-order valence-corrected chi connectivity index (χ3v) is 3.23. The third-order valence-electron chi connectivity index (χ3n) is 2.21. The van der Waals surface area contributed by atoms with Gasteiger partial charge < -0.3 is 9.52 Å². The Bertz CT molecular complexity index is 616.